The SMILES string of the molecule is COC(=O)Oc1ccccc1COc1ccc(C)cc1Cl. The van der Waals surface area contributed by atoms with Gasteiger partial charge in [-0.3, -0.25) is 0 Å². The van der Waals surface area contributed by atoms with E-state index in [0.717, 1.165) is 11.1 Å². The predicted molar refractivity (Wildman–Crippen MR) is 80.0 cm³/mol. The van der Waals surface area contributed by atoms with Crippen LogP contribution in [0.4, 0.5) is 4.79 Å². The highest BCUT2D eigenvalue weighted by Crippen LogP contribution is 2.27. The zero-order valence-electron chi connectivity index (χ0n) is 11.8. The van der Waals surface area contributed by atoms with E-state index in [4.69, 9.17) is 21.1 Å². The zero-order chi connectivity index (χ0) is 15.2. The third kappa shape index (κ3) is 4.13. The summed E-state index contributed by atoms with van der Waals surface area (Å²) >= 11 is 6.11. The Bertz CT molecular complexity index is 640. The average molecular weight is 307 g/mol. The molecule has 0 spiro atoms. The monoisotopic (exact) mass is 306 g/mol. The van der Waals surface area contributed by atoms with Crippen molar-refractivity contribution < 1.29 is 19.0 Å². The average Bonchev–Trinajstić information content (AvgIpc) is 2.47. The van der Waals surface area contributed by atoms with Gasteiger partial charge in [0.15, 0.2) is 0 Å². The predicted octanol–water partition coefficient (Wildman–Crippen LogP) is 4.37. The fraction of sp³-hybridized carbons (Fsp3) is 0.188. The molecule has 0 aliphatic rings. The summed E-state index contributed by atoms with van der Waals surface area (Å²) in [6.07, 6.45) is -0.768. The molecule has 4 nitrogen and oxygen atoms in total. The van der Waals surface area contributed by atoms with Crippen molar-refractivity contribution in [2.75, 3.05) is 7.11 Å². The van der Waals surface area contributed by atoms with E-state index in [1.807, 2.05) is 25.1 Å². The van der Waals surface area contributed by atoms with E-state index in [-0.39, 0.29) is 6.61 Å². The van der Waals surface area contributed by atoms with Gasteiger partial charge in [0.2, 0.25) is 0 Å². The zero-order valence-corrected chi connectivity index (χ0v) is 12.5. The van der Waals surface area contributed by atoms with Crippen LogP contribution in [0, 0.1) is 6.92 Å². The molecular weight excluding hydrogens is 292 g/mol. The topological polar surface area (TPSA) is 44.8 Å². The van der Waals surface area contributed by atoms with Crippen LogP contribution in [-0.4, -0.2) is 13.3 Å². The number of hydrogen-bond donors (Lipinski definition) is 0. The molecule has 0 saturated heterocycles. The van der Waals surface area contributed by atoms with Gasteiger partial charge in [-0.25, -0.2) is 4.79 Å². The van der Waals surface area contributed by atoms with E-state index in [0.29, 0.717) is 16.5 Å². The van der Waals surface area contributed by atoms with Gasteiger partial charge in [-0.15, -0.1) is 0 Å². The summed E-state index contributed by atoms with van der Waals surface area (Å²) in [7, 11) is 1.26. The van der Waals surface area contributed by atoms with Crippen molar-refractivity contribution >= 4 is 17.8 Å². The second-order valence-corrected chi connectivity index (χ2v) is 4.79. The highest BCUT2D eigenvalue weighted by atomic mass is 35.5. The first-order valence-corrected chi connectivity index (χ1v) is 6.70. The van der Waals surface area contributed by atoms with E-state index < -0.39 is 6.16 Å². The Morgan fingerprint density at radius 3 is 2.62 bits per heavy atom. The number of para-hydroxylation sites is 1. The fourth-order valence-electron chi connectivity index (χ4n) is 1.73. The Hall–Kier alpha value is -2.20. The van der Waals surface area contributed by atoms with Gasteiger partial charge in [0.1, 0.15) is 18.1 Å². The number of methoxy groups -OCH3 is 1. The minimum Gasteiger partial charge on any atom is -0.487 e. The van der Waals surface area contributed by atoms with Gasteiger partial charge < -0.3 is 14.2 Å². The van der Waals surface area contributed by atoms with Gasteiger partial charge >= 0.3 is 6.16 Å². The lowest BCUT2D eigenvalue weighted by Gasteiger charge is -2.11. The molecule has 21 heavy (non-hydrogen) atoms. The van der Waals surface area contributed by atoms with Gasteiger partial charge in [-0.2, -0.15) is 0 Å². The molecule has 0 unspecified atom stereocenters. The maximum atomic E-state index is 11.2. The molecule has 2 rings (SSSR count). The van der Waals surface area contributed by atoms with Crippen LogP contribution in [0.25, 0.3) is 0 Å². The standard InChI is InChI=1S/C16H15ClO4/c1-11-7-8-15(13(17)9-11)20-10-12-5-3-4-6-14(12)21-16(18)19-2/h3-9H,10H2,1-2H3. The number of carbonyl (C=O) groups is 1. The third-order valence-corrected chi connectivity index (χ3v) is 3.10. The number of carbonyl (C=O) groups excluding carboxylic acids is 1. The molecule has 0 aliphatic carbocycles. The molecule has 2 aromatic carbocycles. The van der Waals surface area contributed by atoms with Gasteiger partial charge in [0, 0.05) is 5.56 Å². The largest absolute Gasteiger partial charge is 0.513 e. The molecule has 0 aromatic heterocycles. The minimum atomic E-state index is -0.768. The summed E-state index contributed by atoms with van der Waals surface area (Å²) in [6.45, 7) is 2.19. The number of hydrogen-bond acceptors (Lipinski definition) is 4. The Balaban J connectivity index is 2.11. The van der Waals surface area contributed by atoms with Crippen LogP contribution >= 0.6 is 11.6 Å². The Morgan fingerprint density at radius 1 is 1.14 bits per heavy atom. The first-order valence-electron chi connectivity index (χ1n) is 6.33. The lowest BCUT2D eigenvalue weighted by atomic mass is 10.2. The third-order valence-electron chi connectivity index (χ3n) is 2.80. The molecule has 2 aromatic rings. The maximum Gasteiger partial charge on any atom is 0.513 e. The van der Waals surface area contributed by atoms with Gasteiger partial charge in [0.05, 0.1) is 12.1 Å². The molecule has 0 amide bonds. The minimum absolute atomic E-state index is 0.232. The molecule has 0 heterocycles. The Kier molecular flexibility index (Phi) is 5.06. The number of halogens is 1. The molecular formula is C16H15ClO4. The summed E-state index contributed by atoms with van der Waals surface area (Å²) in [5.74, 6) is 0.975. The van der Waals surface area contributed by atoms with Crippen molar-refractivity contribution in [1.29, 1.82) is 0 Å². The van der Waals surface area contributed by atoms with Gasteiger partial charge in [-0.1, -0.05) is 35.9 Å². The normalized spacial score (nSPS) is 10.0. The van der Waals surface area contributed by atoms with E-state index in [1.54, 1.807) is 24.3 Å². The molecule has 0 radical (unpaired) electrons. The molecule has 0 N–H and O–H groups in total. The summed E-state index contributed by atoms with van der Waals surface area (Å²) in [5, 5.41) is 0.543. The van der Waals surface area contributed by atoms with Crippen LogP contribution < -0.4 is 9.47 Å². The first-order chi connectivity index (χ1) is 10.1. The van der Waals surface area contributed by atoms with E-state index in [9.17, 15) is 4.79 Å². The van der Waals surface area contributed by atoms with E-state index in [2.05, 4.69) is 4.74 Å². The summed E-state index contributed by atoms with van der Waals surface area (Å²) in [5.41, 5.74) is 1.78. The van der Waals surface area contributed by atoms with Crippen LogP contribution in [0.2, 0.25) is 5.02 Å². The van der Waals surface area contributed by atoms with Crippen LogP contribution in [0.15, 0.2) is 42.5 Å². The second kappa shape index (κ2) is 6.99. The molecule has 110 valence electrons. The van der Waals surface area contributed by atoms with Crippen LogP contribution in [0.3, 0.4) is 0 Å². The summed E-state index contributed by atoms with van der Waals surface area (Å²) in [4.78, 5) is 11.2. The van der Waals surface area contributed by atoms with Gasteiger partial charge in [0.25, 0.3) is 0 Å². The quantitative estimate of drug-likeness (QED) is 0.621. The van der Waals surface area contributed by atoms with Crippen LogP contribution in [0.5, 0.6) is 11.5 Å². The van der Waals surface area contributed by atoms with Crippen molar-refractivity contribution in [2.24, 2.45) is 0 Å². The molecule has 0 atom stereocenters. The van der Waals surface area contributed by atoms with Crippen molar-refractivity contribution in [1.82, 2.24) is 0 Å². The fourth-order valence-corrected chi connectivity index (χ4v) is 2.02. The first kappa shape index (κ1) is 15.2. The van der Waals surface area contributed by atoms with E-state index in [1.165, 1.54) is 7.11 Å². The van der Waals surface area contributed by atoms with Crippen LogP contribution in [-0.2, 0) is 11.3 Å². The highest BCUT2D eigenvalue weighted by molar-refractivity contribution is 6.32. The Labute approximate surface area is 128 Å². The number of benzene rings is 2. The lowest BCUT2D eigenvalue weighted by molar-refractivity contribution is 0.120. The van der Waals surface area contributed by atoms with Crippen molar-refractivity contribution in [2.45, 2.75) is 13.5 Å². The molecule has 0 bridgehead atoms. The van der Waals surface area contributed by atoms with Crippen molar-refractivity contribution in [3.63, 3.8) is 0 Å². The Morgan fingerprint density at radius 2 is 1.90 bits per heavy atom. The highest BCUT2D eigenvalue weighted by Gasteiger charge is 2.10. The smallest absolute Gasteiger partial charge is 0.487 e. The molecule has 0 saturated carbocycles. The second-order valence-electron chi connectivity index (χ2n) is 4.39. The summed E-state index contributed by atoms with van der Waals surface area (Å²) in [6, 6.07) is 12.6. The number of ether oxygens (including phenoxy) is 3. The van der Waals surface area contributed by atoms with Crippen molar-refractivity contribution in [3.8, 4) is 11.5 Å². The lowest BCUT2D eigenvalue weighted by Crippen LogP contribution is -2.09. The number of aryl methyl sites for hydroxylation is 1. The van der Waals surface area contributed by atoms with Gasteiger partial charge in [-0.05, 0) is 30.7 Å². The van der Waals surface area contributed by atoms with Crippen LogP contribution in [0.1, 0.15) is 11.1 Å². The summed E-state index contributed by atoms with van der Waals surface area (Å²) < 4.78 is 15.2. The van der Waals surface area contributed by atoms with E-state index >= 15 is 0 Å². The molecule has 5 heteroatoms. The molecule has 0 aliphatic heterocycles. The number of rotatable bonds is 4. The van der Waals surface area contributed by atoms with Crippen molar-refractivity contribution in [3.05, 3.63) is 58.6 Å². The molecule has 0 fully saturated rings. The maximum absolute atomic E-state index is 11.2.